The molecule has 0 bridgehead atoms. The molecule has 1 heterocycles. The highest BCUT2D eigenvalue weighted by Crippen LogP contribution is 2.24. The van der Waals surface area contributed by atoms with Crippen molar-refractivity contribution >= 4 is 15.9 Å². The Morgan fingerprint density at radius 3 is 2.76 bits per heavy atom. The van der Waals surface area contributed by atoms with Gasteiger partial charge >= 0.3 is 0 Å². The number of aryl methyl sites for hydroxylation is 2. The molecule has 0 saturated carbocycles. The summed E-state index contributed by atoms with van der Waals surface area (Å²) in [6, 6.07) is 6.00. The molecule has 0 aliphatic rings. The summed E-state index contributed by atoms with van der Waals surface area (Å²) >= 11 is 3.53. The van der Waals surface area contributed by atoms with Crippen LogP contribution in [0.2, 0.25) is 0 Å². The number of halogens is 2. The molecule has 21 heavy (non-hydrogen) atoms. The summed E-state index contributed by atoms with van der Waals surface area (Å²) in [5.74, 6) is -0.187. The summed E-state index contributed by atoms with van der Waals surface area (Å²) in [5.41, 5.74) is 1.90. The molecule has 4 nitrogen and oxygen atoms in total. The van der Waals surface area contributed by atoms with E-state index >= 15 is 0 Å². The van der Waals surface area contributed by atoms with Gasteiger partial charge in [0.05, 0.1) is 21.4 Å². The molecule has 110 valence electrons. The van der Waals surface area contributed by atoms with Crippen molar-refractivity contribution in [3.63, 3.8) is 0 Å². The van der Waals surface area contributed by atoms with E-state index in [1.165, 1.54) is 12.1 Å². The van der Waals surface area contributed by atoms with Gasteiger partial charge in [0.15, 0.2) is 0 Å². The zero-order valence-electron chi connectivity index (χ0n) is 11.9. The van der Waals surface area contributed by atoms with Crippen LogP contribution in [0, 0.1) is 17.1 Å². The average Bonchev–Trinajstić information content (AvgIpc) is 2.80. The Kier molecular flexibility index (Phi) is 4.97. The van der Waals surface area contributed by atoms with Crippen LogP contribution in [0.5, 0.6) is 5.75 Å². The smallest absolute Gasteiger partial charge is 0.144 e. The monoisotopic (exact) mass is 351 g/mol. The molecule has 2 rings (SSSR count). The van der Waals surface area contributed by atoms with Crippen LogP contribution in [0.4, 0.5) is 4.39 Å². The van der Waals surface area contributed by atoms with Gasteiger partial charge in [-0.15, -0.1) is 0 Å². The fourth-order valence-corrected chi connectivity index (χ4v) is 2.66. The summed E-state index contributed by atoms with van der Waals surface area (Å²) in [4.78, 5) is 0. The highest BCUT2D eigenvalue weighted by molar-refractivity contribution is 9.10. The molecule has 0 N–H and O–H groups in total. The zero-order chi connectivity index (χ0) is 15.4. The van der Waals surface area contributed by atoms with E-state index < -0.39 is 5.82 Å². The Balaban J connectivity index is 2.18. The SMILES string of the molecule is CCc1nn(CC)c(COc2ccc(C#N)c(F)c2)c1Br. The minimum atomic E-state index is -0.577. The van der Waals surface area contributed by atoms with Crippen molar-refractivity contribution in [1.82, 2.24) is 9.78 Å². The molecule has 2 aromatic rings. The van der Waals surface area contributed by atoms with E-state index in [0.717, 1.165) is 28.8 Å². The number of ether oxygens (including phenoxy) is 1. The third kappa shape index (κ3) is 3.24. The lowest BCUT2D eigenvalue weighted by Crippen LogP contribution is -2.06. The van der Waals surface area contributed by atoms with Gasteiger partial charge in [-0.05, 0) is 41.4 Å². The van der Waals surface area contributed by atoms with Gasteiger partial charge in [0.25, 0.3) is 0 Å². The number of nitriles is 1. The molecule has 0 saturated heterocycles. The Labute approximate surface area is 131 Å². The van der Waals surface area contributed by atoms with Crippen LogP contribution in [0.15, 0.2) is 22.7 Å². The fourth-order valence-electron chi connectivity index (χ4n) is 1.98. The molecule has 0 atom stereocenters. The maximum atomic E-state index is 13.5. The number of hydrogen-bond acceptors (Lipinski definition) is 3. The first-order valence-electron chi connectivity index (χ1n) is 6.67. The summed E-state index contributed by atoms with van der Waals surface area (Å²) in [6.07, 6.45) is 0.825. The lowest BCUT2D eigenvalue weighted by Gasteiger charge is -2.09. The van der Waals surface area contributed by atoms with Crippen LogP contribution in [-0.2, 0) is 19.6 Å². The largest absolute Gasteiger partial charge is 0.487 e. The Morgan fingerprint density at radius 1 is 1.43 bits per heavy atom. The van der Waals surface area contributed by atoms with E-state index in [9.17, 15) is 4.39 Å². The minimum absolute atomic E-state index is 0.00963. The van der Waals surface area contributed by atoms with Crippen molar-refractivity contribution in [3.05, 3.63) is 45.4 Å². The topological polar surface area (TPSA) is 50.8 Å². The van der Waals surface area contributed by atoms with Gasteiger partial charge in [0.1, 0.15) is 24.2 Å². The molecule has 0 fully saturated rings. The third-order valence-electron chi connectivity index (χ3n) is 3.13. The van der Waals surface area contributed by atoms with Crippen LogP contribution < -0.4 is 4.74 Å². The molecule has 0 radical (unpaired) electrons. The van der Waals surface area contributed by atoms with Crippen LogP contribution in [0.25, 0.3) is 0 Å². The maximum Gasteiger partial charge on any atom is 0.144 e. The summed E-state index contributed by atoms with van der Waals surface area (Å²) < 4.78 is 21.9. The first kappa shape index (κ1) is 15.5. The number of aromatic nitrogens is 2. The van der Waals surface area contributed by atoms with Crippen molar-refractivity contribution in [2.75, 3.05) is 0 Å². The lowest BCUT2D eigenvalue weighted by atomic mass is 10.2. The minimum Gasteiger partial charge on any atom is -0.487 e. The zero-order valence-corrected chi connectivity index (χ0v) is 13.4. The predicted octanol–water partition coefficient (Wildman–Crippen LogP) is 3.82. The number of rotatable bonds is 5. The fraction of sp³-hybridized carbons (Fsp3) is 0.333. The van der Waals surface area contributed by atoms with E-state index in [1.807, 2.05) is 18.5 Å². The Hall–Kier alpha value is -1.87. The van der Waals surface area contributed by atoms with Crippen molar-refractivity contribution in [1.29, 1.82) is 5.26 Å². The van der Waals surface area contributed by atoms with E-state index in [1.54, 1.807) is 12.1 Å². The number of benzene rings is 1. The van der Waals surface area contributed by atoms with Crippen molar-refractivity contribution in [2.24, 2.45) is 0 Å². The van der Waals surface area contributed by atoms with Crippen LogP contribution >= 0.6 is 15.9 Å². The van der Waals surface area contributed by atoms with Gasteiger partial charge in [-0.1, -0.05) is 6.92 Å². The van der Waals surface area contributed by atoms with Crippen molar-refractivity contribution < 1.29 is 9.13 Å². The normalized spacial score (nSPS) is 10.4. The molecule has 0 aliphatic carbocycles. The second-order valence-corrected chi connectivity index (χ2v) is 5.21. The first-order chi connectivity index (χ1) is 10.1. The van der Waals surface area contributed by atoms with Crippen molar-refractivity contribution in [3.8, 4) is 11.8 Å². The molecule has 0 spiro atoms. The second kappa shape index (κ2) is 6.72. The molecule has 0 amide bonds. The summed E-state index contributed by atoms with van der Waals surface area (Å²) in [5, 5.41) is 13.2. The third-order valence-corrected chi connectivity index (χ3v) is 4.05. The molecule has 1 aromatic heterocycles. The van der Waals surface area contributed by atoms with Crippen LogP contribution in [0.1, 0.15) is 30.8 Å². The summed E-state index contributed by atoms with van der Waals surface area (Å²) in [6.45, 7) is 5.06. The predicted molar refractivity (Wildman–Crippen MR) is 80.4 cm³/mol. The molecular formula is C15H15BrFN3O. The Bertz CT molecular complexity index is 691. The highest BCUT2D eigenvalue weighted by atomic mass is 79.9. The molecule has 6 heteroatoms. The van der Waals surface area contributed by atoms with Gasteiger partial charge in [0.2, 0.25) is 0 Å². The lowest BCUT2D eigenvalue weighted by molar-refractivity contribution is 0.290. The number of nitrogens with zero attached hydrogens (tertiary/aromatic N) is 3. The van der Waals surface area contributed by atoms with Gasteiger partial charge in [-0.25, -0.2) is 4.39 Å². The highest BCUT2D eigenvalue weighted by Gasteiger charge is 2.14. The van der Waals surface area contributed by atoms with E-state index in [4.69, 9.17) is 10.00 Å². The quantitative estimate of drug-likeness (QED) is 0.822. The van der Waals surface area contributed by atoms with Gasteiger partial charge < -0.3 is 4.74 Å². The van der Waals surface area contributed by atoms with E-state index in [0.29, 0.717) is 5.75 Å². The second-order valence-electron chi connectivity index (χ2n) is 4.42. The van der Waals surface area contributed by atoms with Crippen molar-refractivity contribution in [2.45, 2.75) is 33.4 Å². The number of hydrogen-bond donors (Lipinski definition) is 0. The maximum absolute atomic E-state index is 13.5. The average molecular weight is 352 g/mol. The molecule has 0 unspecified atom stereocenters. The first-order valence-corrected chi connectivity index (χ1v) is 7.46. The Morgan fingerprint density at radius 2 is 2.19 bits per heavy atom. The van der Waals surface area contributed by atoms with Gasteiger partial charge in [0, 0.05) is 12.6 Å². The van der Waals surface area contributed by atoms with Gasteiger partial charge in [-0.2, -0.15) is 10.4 Å². The van der Waals surface area contributed by atoms with E-state index in [-0.39, 0.29) is 12.2 Å². The standard InChI is InChI=1S/C15H15BrFN3O/c1-3-13-15(16)14(20(4-2)19-13)9-21-11-6-5-10(8-18)12(17)7-11/h5-7H,3-4,9H2,1-2H3. The van der Waals surface area contributed by atoms with E-state index in [2.05, 4.69) is 21.0 Å². The molecule has 1 aromatic carbocycles. The van der Waals surface area contributed by atoms with Crippen LogP contribution in [-0.4, -0.2) is 9.78 Å². The molecule has 0 aliphatic heterocycles. The molecular weight excluding hydrogens is 337 g/mol. The van der Waals surface area contributed by atoms with Crippen LogP contribution in [0.3, 0.4) is 0 Å². The summed E-state index contributed by atoms with van der Waals surface area (Å²) in [7, 11) is 0. The van der Waals surface area contributed by atoms with Gasteiger partial charge in [-0.3, -0.25) is 4.68 Å².